The van der Waals surface area contributed by atoms with Crippen molar-refractivity contribution in [3.63, 3.8) is 0 Å². The zero-order valence-electron chi connectivity index (χ0n) is 14.3. The molecule has 0 fully saturated rings. The molecule has 0 aliphatic carbocycles. The Morgan fingerprint density at radius 1 is 0.889 bits per heavy atom. The quantitative estimate of drug-likeness (QED) is 0.440. The van der Waals surface area contributed by atoms with Crippen LogP contribution in [0.5, 0.6) is 0 Å². The molecule has 0 radical (unpaired) electrons. The van der Waals surface area contributed by atoms with Gasteiger partial charge in [0.15, 0.2) is 26.4 Å². The molecule has 0 saturated heterocycles. The van der Waals surface area contributed by atoms with Gasteiger partial charge in [-0.1, -0.05) is 20.3 Å². The van der Waals surface area contributed by atoms with Crippen molar-refractivity contribution in [2.75, 3.05) is 13.1 Å². The average molecular weight is 447 g/mol. The van der Waals surface area contributed by atoms with Gasteiger partial charge in [0.05, 0.1) is 19.3 Å². The van der Waals surface area contributed by atoms with Crippen LogP contribution in [0.2, 0.25) is 0 Å². The maximum Gasteiger partial charge on any atom is 0.480 e. The number of rotatable bonds is 7. The van der Waals surface area contributed by atoms with Gasteiger partial charge in [-0.3, -0.25) is 4.48 Å². The molecule has 15 heteroatoms. The van der Waals surface area contributed by atoms with E-state index in [0.717, 1.165) is 8.61 Å². The Hall–Kier alpha value is -1.19. The first-order chi connectivity index (χ1) is 12.0. The number of nitrogens with zero attached hydrogens (tertiary/aromatic N) is 3. The van der Waals surface area contributed by atoms with Crippen LogP contribution in [0.25, 0.3) is 4.13 Å². The first-order valence-electron chi connectivity index (χ1n) is 7.49. The van der Waals surface area contributed by atoms with Crippen molar-refractivity contribution in [1.29, 1.82) is 0 Å². The summed E-state index contributed by atoms with van der Waals surface area (Å²) in [6.45, 7) is 6.87. The Kier molecular flexibility index (Phi) is 8.93. The van der Waals surface area contributed by atoms with Crippen molar-refractivity contribution >= 4 is 26.4 Å². The van der Waals surface area contributed by atoms with E-state index in [2.05, 4.69) is 31.4 Å². The minimum Gasteiger partial charge on any atom is -0.421 e. The van der Waals surface area contributed by atoms with Crippen LogP contribution < -0.4 is 0 Å². The Labute approximate surface area is 153 Å². The van der Waals surface area contributed by atoms with E-state index in [0.29, 0.717) is 0 Å². The van der Waals surface area contributed by atoms with Gasteiger partial charge in [0, 0.05) is 0 Å². The number of aliphatic imine (C=N–C) groups is 1. The second kappa shape index (κ2) is 9.34. The van der Waals surface area contributed by atoms with Gasteiger partial charge < -0.3 is 4.13 Å². The lowest BCUT2D eigenvalue weighted by Gasteiger charge is -2.26. The SMILES string of the molecule is CCCC[N+]1(CCC)C=CN=C1.O=S(=O)([N-]S(=O)(=O)C(F)(F)F)C(F)(F)F. The van der Waals surface area contributed by atoms with Crippen LogP contribution in [0.4, 0.5) is 26.3 Å². The minimum absolute atomic E-state index is 0.778. The molecule has 0 N–H and O–H groups in total. The lowest BCUT2D eigenvalue weighted by atomic mass is 10.2. The number of unbranched alkanes of at least 4 members (excludes halogenated alkanes) is 1. The van der Waals surface area contributed by atoms with Gasteiger partial charge in [-0.2, -0.15) is 26.3 Å². The van der Waals surface area contributed by atoms with Crippen LogP contribution in [-0.2, 0) is 20.0 Å². The molecule has 1 atom stereocenters. The van der Waals surface area contributed by atoms with Crippen LogP contribution in [-0.4, -0.2) is 51.8 Å². The molecule has 0 aromatic carbocycles. The van der Waals surface area contributed by atoms with Crippen molar-refractivity contribution in [1.82, 2.24) is 0 Å². The number of halogens is 6. The number of alkyl halides is 6. The first-order valence-corrected chi connectivity index (χ1v) is 10.4. The lowest BCUT2D eigenvalue weighted by Crippen LogP contribution is -2.41. The molecule has 0 saturated carbocycles. The Morgan fingerprint density at radius 3 is 1.67 bits per heavy atom. The fraction of sp³-hybridized carbons (Fsp3) is 0.750. The molecular formula is C12H19F6N3O4S2. The zero-order chi connectivity index (χ0) is 21.6. The molecule has 160 valence electrons. The topological polar surface area (TPSA) is 94.7 Å². The molecule has 1 aliphatic rings. The van der Waals surface area contributed by atoms with E-state index in [1.807, 2.05) is 6.20 Å². The summed E-state index contributed by atoms with van der Waals surface area (Å²) >= 11 is 0. The third-order valence-corrected chi connectivity index (χ3v) is 5.84. The Bertz CT molecular complexity index is 688. The number of quaternary nitrogens is 1. The summed E-state index contributed by atoms with van der Waals surface area (Å²) in [5.74, 6) is 0. The van der Waals surface area contributed by atoms with E-state index in [-0.39, 0.29) is 0 Å². The second-order valence-electron chi connectivity index (χ2n) is 5.38. The highest BCUT2D eigenvalue weighted by Crippen LogP contribution is 2.36. The Balaban J connectivity index is 0.000000511. The van der Waals surface area contributed by atoms with Gasteiger partial charge in [0.25, 0.3) is 0 Å². The molecule has 1 heterocycles. The van der Waals surface area contributed by atoms with Crippen LogP contribution in [0.15, 0.2) is 17.4 Å². The van der Waals surface area contributed by atoms with E-state index < -0.39 is 31.1 Å². The molecule has 0 bridgehead atoms. The van der Waals surface area contributed by atoms with Gasteiger partial charge in [0.2, 0.25) is 0 Å². The number of sulfonamides is 2. The fourth-order valence-electron chi connectivity index (χ4n) is 1.84. The third kappa shape index (κ3) is 7.75. The molecule has 0 aromatic rings. The summed E-state index contributed by atoms with van der Waals surface area (Å²) in [5, 5.41) is 0. The van der Waals surface area contributed by atoms with Gasteiger partial charge in [-0.05, 0) is 12.8 Å². The predicted molar refractivity (Wildman–Crippen MR) is 86.1 cm³/mol. The van der Waals surface area contributed by atoms with E-state index >= 15 is 0 Å². The first kappa shape index (κ1) is 25.8. The molecule has 7 nitrogen and oxygen atoms in total. The standard InChI is InChI=1S/C10H19N2.C2F6NO4S2/c1-3-5-8-12(7-4-2)9-6-11-10-12;3-1(4,5)14(10,11)9-15(12,13)2(6,7)8/h6,9-10H,3-5,7-8H2,1-2H3;/q+1;-1. The van der Waals surface area contributed by atoms with Crippen LogP contribution in [0.3, 0.4) is 0 Å². The Morgan fingerprint density at radius 2 is 1.37 bits per heavy atom. The summed E-state index contributed by atoms with van der Waals surface area (Å²) in [7, 11) is -13.4. The predicted octanol–water partition coefficient (Wildman–Crippen LogP) is 3.59. The molecule has 0 amide bonds. The molecule has 27 heavy (non-hydrogen) atoms. The normalized spacial score (nSPS) is 20.4. The average Bonchev–Trinajstić information content (AvgIpc) is 2.92. The van der Waals surface area contributed by atoms with Crippen molar-refractivity contribution in [2.24, 2.45) is 4.99 Å². The summed E-state index contributed by atoms with van der Waals surface area (Å²) < 4.78 is 110. The van der Waals surface area contributed by atoms with Gasteiger partial charge >= 0.3 is 11.0 Å². The van der Waals surface area contributed by atoms with Gasteiger partial charge in [-0.15, -0.1) is 0 Å². The maximum absolute atomic E-state index is 11.4. The smallest absolute Gasteiger partial charge is 0.421 e. The van der Waals surface area contributed by atoms with Gasteiger partial charge in [0.1, 0.15) is 6.20 Å². The highest BCUT2D eigenvalue weighted by molar-refractivity contribution is 8.13. The molecular weight excluding hydrogens is 428 g/mol. The summed E-state index contributed by atoms with van der Waals surface area (Å²) in [6, 6.07) is 0. The minimum atomic E-state index is -6.72. The van der Waals surface area contributed by atoms with Crippen LogP contribution in [0, 0.1) is 0 Å². The highest BCUT2D eigenvalue weighted by Gasteiger charge is 2.46. The molecule has 1 unspecified atom stereocenters. The number of hydrogen-bond donors (Lipinski definition) is 0. The molecule has 1 rings (SSSR count). The lowest BCUT2D eigenvalue weighted by molar-refractivity contribution is -0.779. The van der Waals surface area contributed by atoms with Crippen LogP contribution in [0.1, 0.15) is 33.1 Å². The monoisotopic (exact) mass is 447 g/mol. The fourth-order valence-corrected chi connectivity index (χ4v) is 3.55. The van der Waals surface area contributed by atoms with Crippen LogP contribution >= 0.6 is 0 Å². The molecule has 0 aromatic heterocycles. The summed E-state index contributed by atoms with van der Waals surface area (Å²) in [6.07, 6.45) is 9.98. The van der Waals surface area contributed by atoms with Crippen molar-refractivity contribution < 1.29 is 47.7 Å². The van der Waals surface area contributed by atoms with E-state index in [1.165, 1.54) is 32.4 Å². The largest absolute Gasteiger partial charge is 0.480 e. The van der Waals surface area contributed by atoms with Crippen molar-refractivity contribution in [3.8, 4) is 0 Å². The summed E-state index contributed by atoms with van der Waals surface area (Å²) in [4.78, 5) is 4.18. The van der Waals surface area contributed by atoms with E-state index in [9.17, 15) is 43.2 Å². The third-order valence-electron chi connectivity index (χ3n) is 3.10. The summed E-state index contributed by atoms with van der Waals surface area (Å²) in [5.41, 5.74) is -12.4. The van der Waals surface area contributed by atoms with Gasteiger partial charge in [-0.25, -0.2) is 21.8 Å². The van der Waals surface area contributed by atoms with E-state index in [1.54, 1.807) is 0 Å². The zero-order valence-corrected chi connectivity index (χ0v) is 16.0. The molecule has 0 spiro atoms. The second-order valence-corrected chi connectivity index (χ2v) is 8.80. The number of hydrogen-bond acceptors (Lipinski definition) is 5. The highest BCUT2D eigenvalue weighted by atomic mass is 32.3. The van der Waals surface area contributed by atoms with Crippen molar-refractivity contribution in [3.05, 3.63) is 16.5 Å². The van der Waals surface area contributed by atoms with Crippen molar-refractivity contribution in [2.45, 2.75) is 44.1 Å². The maximum atomic E-state index is 11.4. The molecule has 1 aliphatic heterocycles. The van der Waals surface area contributed by atoms with E-state index in [4.69, 9.17) is 0 Å².